The van der Waals surface area contributed by atoms with Gasteiger partial charge in [-0.1, -0.05) is 31.5 Å². The van der Waals surface area contributed by atoms with Crippen molar-refractivity contribution in [3.63, 3.8) is 0 Å². The van der Waals surface area contributed by atoms with Crippen LogP contribution in [0.25, 0.3) is 0 Å². The quantitative estimate of drug-likeness (QED) is 0.698. The van der Waals surface area contributed by atoms with Crippen LogP contribution in [-0.4, -0.2) is 61.8 Å². The second kappa shape index (κ2) is 8.49. The Labute approximate surface area is 174 Å². The summed E-state index contributed by atoms with van der Waals surface area (Å²) in [6, 6.07) is 5.72. The molecule has 1 aromatic rings. The SMILES string of the molecule is Cc1c(Cl)cccc1OCC(C)(C)C1(C)OCC(CN2CC(C)OC(C)C2)O1. The van der Waals surface area contributed by atoms with Crippen molar-refractivity contribution in [3.8, 4) is 5.75 Å². The molecule has 28 heavy (non-hydrogen) atoms. The second-order valence-corrected chi connectivity index (χ2v) is 9.42. The van der Waals surface area contributed by atoms with E-state index in [9.17, 15) is 0 Å². The Kier molecular flexibility index (Phi) is 6.62. The van der Waals surface area contributed by atoms with E-state index < -0.39 is 5.79 Å². The lowest BCUT2D eigenvalue weighted by Gasteiger charge is -2.40. The molecule has 0 aromatic heterocycles. The summed E-state index contributed by atoms with van der Waals surface area (Å²) in [6.07, 6.45) is 0.557. The first-order valence-corrected chi connectivity index (χ1v) is 10.5. The zero-order chi connectivity index (χ0) is 20.5. The summed E-state index contributed by atoms with van der Waals surface area (Å²) in [5.74, 6) is 0.100. The van der Waals surface area contributed by atoms with Crippen molar-refractivity contribution < 1.29 is 18.9 Å². The van der Waals surface area contributed by atoms with E-state index >= 15 is 0 Å². The molecule has 6 heteroatoms. The molecule has 0 amide bonds. The Morgan fingerprint density at radius 2 is 1.93 bits per heavy atom. The summed E-state index contributed by atoms with van der Waals surface area (Å²) in [5.41, 5.74) is 0.620. The van der Waals surface area contributed by atoms with Gasteiger partial charge in [0.1, 0.15) is 5.75 Å². The number of morpholine rings is 1. The Morgan fingerprint density at radius 3 is 2.61 bits per heavy atom. The molecule has 2 aliphatic heterocycles. The van der Waals surface area contributed by atoms with E-state index in [-0.39, 0.29) is 23.7 Å². The molecule has 0 N–H and O–H groups in total. The molecular weight excluding hydrogens is 378 g/mol. The standard InChI is InChI=1S/C22H34ClNO4/c1-15-10-24(11-16(2)27-15)12-18-13-26-22(6,28-18)21(4,5)14-25-20-9-7-8-19(23)17(20)3/h7-9,15-16,18H,10-14H2,1-6H3. The Hall–Kier alpha value is -0.850. The van der Waals surface area contributed by atoms with E-state index in [0.717, 1.165) is 30.9 Å². The zero-order valence-corrected chi connectivity index (χ0v) is 18.7. The lowest BCUT2D eigenvalue weighted by Crippen LogP contribution is -2.50. The number of ether oxygens (including phenoxy) is 4. The largest absolute Gasteiger partial charge is 0.492 e. The fourth-order valence-corrected chi connectivity index (χ4v) is 4.10. The van der Waals surface area contributed by atoms with Crippen LogP contribution in [0.3, 0.4) is 0 Å². The molecule has 0 radical (unpaired) electrons. The normalized spacial score (nSPS) is 31.9. The molecule has 2 saturated heterocycles. The molecule has 1 aromatic carbocycles. The van der Waals surface area contributed by atoms with Crippen LogP contribution in [0, 0.1) is 12.3 Å². The number of hydrogen-bond acceptors (Lipinski definition) is 5. The molecule has 0 bridgehead atoms. The van der Waals surface area contributed by atoms with Crippen LogP contribution in [0.5, 0.6) is 5.75 Å². The Balaban J connectivity index is 1.58. The van der Waals surface area contributed by atoms with Crippen molar-refractivity contribution in [2.75, 3.05) is 32.8 Å². The lowest BCUT2D eigenvalue weighted by molar-refractivity contribution is -0.231. The summed E-state index contributed by atoms with van der Waals surface area (Å²) >= 11 is 6.21. The lowest BCUT2D eigenvalue weighted by atomic mass is 9.85. The topological polar surface area (TPSA) is 40.2 Å². The number of halogens is 1. The van der Waals surface area contributed by atoms with Crippen LogP contribution >= 0.6 is 11.6 Å². The maximum absolute atomic E-state index is 6.42. The van der Waals surface area contributed by atoms with Crippen LogP contribution in [0.2, 0.25) is 5.02 Å². The van der Waals surface area contributed by atoms with Gasteiger partial charge >= 0.3 is 0 Å². The average molecular weight is 412 g/mol. The van der Waals surface area contributed by atoms with Crippen molar-refractivity contribution in [1.29, 1.82) is 0 Å². The molecule has 2 aliphatic rings. The fourth-order valence-electron chi connectivity index (χ4n) is 3.94. The van der Waals surface area contributed by atoms with Crippen molar-refractivity contribution in [3.05, 3.63) is 28.8 Å². The Bertz CT molecular complexity index is 673. The van der Waals surface area contributed by atoms with E-state index in [4.69, 9.17) is 30.5 Å². The van der Waals surface area contributed by atoms with Gasteiger partial charge in [-0.25, -0.2) is 0 Å². The van der Waals surface area contributed by atoms with Gasteiger partial charge in [-0.3, -0.25) is 4.90 Å². The van der Waals surface area contributed by atoms with Crippen LogP contribution < -0.4 is 4.74 Å². The van der Waals surface area contributed by atoms with Gasteiger partial charge in [0.2, 0.25) is 0 Å². The van der Waals surface area contributed by atoms with Gasteiger partial charge in [0.25, 0.3) is 0 Å². The summed E-state index contributed by atoms with van der Waals surface area (Å²) in [4.78, 5) is 2.41. The third-order valence-corrected chi connectivity index (χ3v) is 6.34. The number of benzene rings is 1. The fraction of sp³-hybridized carbons (Fsp3) is 0.727. The minimum absolute atomic E-state index is 0.0506. The van der Waals surface area contributed by atoms with Gasteiger partial charge in [0.15, 0.2) is 5.79 Å². The summed E-state index contributed by atoms with van der Waals surface area (Å²) in [7, 11) is 0. The molecule has 2 heterocycles. The molecule has 2 fully saturated rings. The van der Waals surface area contributed by atoms with Crippen LogP contribution in [-0.2, 0) is 14.2 Å². The summed E-state index contributed by atoms with van der Waals surface area (Å²) in [5, 5.41) is 0.712. The van der Waals surface area contributed by atoms with Gasteiger partial charge in [0, 0.05) is 30.2 Å². The summed E-state index contributed by atoms with van der Waals surface area (Å²) < 4.78 is 24.5. The second-order valence-electron chi connectivity index (χ2n) is 9.01. The molecule has 4 unspecified atom stereocenters. The molecule has 0 spiro atoms. The number of nitrogens with zero attached hydrogens (tertiary/aromatic N) is 1. The maximum atomic E-state index is 6.42. The first-order valence-electron chi connectivity index (χ1n) is 10.2. The summed E-state index contributed by atoms with van der Waals surface area (Å²) in [6.45, 7) is 16.3. The Morgan fingerprint density at radius 1 is 1.25 bits per heavy atom. The highest BCUT2D eigenvalue weighted by Crippen LogP contribution is 2.41. The van der Waals surface area contributed by atoms with Gasteiger partial charge in [-0.15, -0.1) is 0 Å². The third-order valence-electron chi connectivity index (χ3n) is 5.93. The van der Waals surface area contributed by atoms with Crippen molar-refractivity contribution in [2.45, 2.75) is 65.6 Å². The smallest absolute Gasteiger partial charge is 0.174 e. The van der Waals surface area contributed by atoms with Crippen LogP contribution in [0.1, 0.15) is 40.2 Å². The number of rotatable bonds is 6. The molecule has 5 nitrogen and oxygen atoms in total. The minimum atomic E-state index is -0.701. The monoisotopic (exact) mass is 411 g/mol. The van der Waals surface area contributed by atoms with E-state index in [1.54, 1.807) is 0 Å². The maximum Gasteiger partial charge on any atom is 0.174 e. The van der Waals surface area contributed by atoms with E-state index in [1.165, 1.54) is 0 Å². The molecule has 0 saturated carbocycles. The van der Waals surface area contributed by atoms with E-state index in [0.29, 0.717) is 18.2 Å². The van der Waals surface area contributed by atoms with Gasteiger partial charge < -0.3 is 18.9 Å². The highest BCUT2D eigenvalue weighted by Gasteiger charge is 2.50. The predicted molar refractivity (Wildman–Crippen MR) is 111 cm³/mol. The van der Waals surface area contributed by atoms with Crippen molar-refractivity contribution in [1.82, 2.24) is 4.90 Å². The average Bonchev–Trinajstić information content (AvgIpc) is 2.98. The zero-order valence-electron chi connectivity index (χ0n) is 18.0. The first kappa shape index (κ1) is 21.8. The third kappa shape index (κ3) is 4.82. The van der Waals surface area contributed by atoms with Crippen LogP contribution in [0.4, 0.5) is 0 Å². The first-order chi connectivity index (χ1) is 13.1. The van der Waals surface area contributed by atoms with E-state index in [1.807, 2.05) is 32.0 Å². The highest BCUT2D eigenvalue weighted by molar-refractivity contribution is 6.31. The molecule has 4 atom stereocenters. The molecular formula is C22H34ClNO4. The minimum Gasteiger partial charge on any atom is -0.492 e. The molecule has 3 rings (SSSR count). The van der Waals surface area contributed by atoms with Crippen molar-refractivity contribution in [2.24, 2.45) is 5.41 Å². The molecule has 158 valence electrons. The highest BCUT2D eigenvalue weighted by atomic mass is 35.5. The van der Waals surface area contributed by atoms with E-state index in [2.05, 4.69) is 32.6 Å². The molecule has 0 aliphatic carbocycles. The van der Waals surface area contributed by atoms with Crippen molar-refractivity contribution >= 4 is 11.6 Å². The van der Waals surface area contributed by atoms with Gasteiger partial charge in [0.05, 0.1) is 36.9 Å². The van der Waals surface area contributed by atoms with Gasteiger partial charge in [-0.2, -0.15) is 0 Å². The van der Waals surface area contributed by atoms with Crippen LogP contribution in [0.15, 0.2) is 18.2 Å². The number of hydrogen-bond donors (Lipinski definition) is 0. The predicted octanol–water partition coefficient (Wildman–Crippen LogP) is 4.29. The van der Waals surface area contributed by atoms with Gasteiger partial charge in [-0.05, 0) is 39.8 Å².